The van der Waals surface area contributed by atoms with Crippen LogP contribution in [0.25, 0.3) is 0 Å². The monoisotopic (exact) mass is 370 g/mol. The third-order valence-electron chi connectivity index (χ3n) is 4.28. The number of nitrogens with one attached hydrogen (secondary N) is 1. The lowest BCUT2D eigenvalue weighted by Crippen LogP contribution is -2.22. The summed E-state index contributed by atoms with van der Waals surface area (Å²) in [4.78, 5) is 34.1. The van der Waals surface area contributed by atoms with Crippen LogP contribution in [0.2, 0.25) is 0 Å². The Labute approximate surface area is 157 Å². The van der Waals surface area contributed by atoms with Crippen molar-refractivity contribution in [1.82, 2.24) is 9.97 Å². The van der Waals surface area contributed by atoms with E-state index in [9.17, 15) is 9.59 Å². The molecule has 8 heteroatoms. The number of carbonyl (C=O) groups excluding carboxylic acids is 2. The molecule has 142 valence electrons. The standard InChI is InChI=1S/C19H22N4O4/c1-13(24)14-5-6-15(16(9-14)26-2)27-11-19(25)22-17-10-18(21-12-20-17)23-7-3-4-8-23/h5-6,9-10,12H,3-4,7-8,11H2,1-2H3,(H,20,21,22,25). The minimum atomic E-state index is -0.348. The molecule has 1 aliphatic heterocycles. The minimum absolute atomic E-state index is 0.0739. The lowest BCUT2D eigenvalue weighted by molar-refractivity contribution is -0.118. The molecule has 0 bridgehead atoms. The van der Waals surface area contributed by atoms with Crippen molar-refractivity contribution in [3.05, 3.63) is 36.2 Å². The van der Waals surface area contributed by atoms with Gasteiger partial charge in [0, 0.05) is 24.7 Å². The van der Waals surface area contributed by atoms with Gasteiger partial charge in [0.15, 0.2) is 23.9 Å². The average Bonchev–Trinajstić information content (AvgIpc) is 3.21. The highest BCUT2D eigenvalue weighted by molar-refractivity contribution is 5.95. The van der Waals surface area contributed by atoms with E-state index in [4.69, 9.17) is 9.47 Å². The van der Waals surface area contributed by atoms with Gasteiger partial charge in [0.25, 0.3) is 5.91 Å². The van der Waals surface area contributed by atoms with Gasteiger partial charge < -0.3 is 19.7 Å². The van der Waals surface area contributed by atoms with Gasteiger partial charge in [0.1, 0.15) is 18.0 Å². The highest BCUT2D eigenvalue weighted by Crippen LogP contribution is 2.28. The fourth-order valence-corrected chi connectivity index (χ4v) is 2.86. The molecule has 0 aliphatic carbocycles. The molecular formula is C19H22N4O4. The number of ketones is 1. The highest BCUT2D eigenvalue weighted by Gasteiger charge is 2.15. The SMILES string of the molecule is COc1cc(C(C)=O)ccc1OCC(=O)Nc1cc(N2CCCC2)ncn1. The number of hydrogen-bond acceptors (Lipinski definition) is 7. The molecule has 27 heavy (non-hydrogen) atoms. The lowest BCUT2D eigenvalue weighted by Gasteiger charge is -2.16. The molecule has 1 N–H and O–H groups in total. The minimum Gasteiger partial charge on any atom is -0.493 e. The van der Waals surface area contributed by atoms with E-state index in [1.54, 1.807) is 24.3 Å². The third kappa shape index (κ3) is 4.72. The summed E-state index contributed by atoms with van der Waals surface area (Å²) in [6.45, 7) is 3.19. The molecule has 1 amide bonds. The van der Waals surface area contributed by atoms with Crippen LogP contribution in [0.3, 0.4) is 0 Å². The molecule has 0 atom stereocenters. The maximum Gasteiger partial charge on any atom is 0.263 e. The molecule has 8 nitrogen and oxygen atoms in total. The second-order valence-corrected chi connectivity index (χ2v) is 6.21. The first-order chi connectivity index (χ1) is 13.1. The Balaban J connectivity index is 1.60. The van der Waals surface area contributed by atoms with Gasteiger partial charge in [-0.2, -0.15) is 0 Å². The second-order valence-electron chi connectivity index (χ2n) is 6.21. The van der Waals surface area contributed by atoms with Crippen molar-refractivity contribution in [3.63, 3.8) is 0 Å². The molecule has 0 unspecified atom stereocenters. The maximum absolute atomic E-state index is 12.2. The Morgan fingerprint density at radius 2 is 1.93 bits per heavy atom. The van der Waals surface area contributed by atoms with Gasteiger partial charge in [-0.15, -0.1) is 0 Å². The summed E-state index contributed by atoms with van der Waals surface area (Å²) in [6.07, 6.45) is 3.72. The number of Topliss-reactive ketones (excluding diaryl/α,β-unsaturated/α-hetero) is 1. The molecule has 1 aromatic heterocycles. The van der Waals surface area contributed by atoms with Crippen molar-refractivity contribution >= 4 is 23.3 Å². The first-order valence-corrected chi connectivity index (χ1v) is 8.75. The van der Waals surface area contributed by atoms with E-state index >= 15 is 0 Å². The van der Waals surface area contributed by atoms with Crippen LogP contribution in [0.4, 0.5) is 11.6 Å². The Kier molecular flexibility index (Phi) is 5.85. The van der Waals surface area contributed by atoms with Crippen LogP contribution >= 0.6 is 0 Å². The number of aromatic nitrogens is 2. The van der Waals surface area contributed by atoms with Crippen LogP contribution in [-0.4, -0.2) is 48.5 Å². The molecule has 1 aliphatic rings. The molecule has 1 fully saturated rings. The summed E-state index contributed by atoms with van der Waals surface area (Å²) in [5.41, 5.74) is 0.513. The lowest BCUT2D eigenvalue weighted by atomic mass is 10.1. The molecule has 3 rings (SSSR count). The number of nitrogens with zero attached hydrogens (tertiary/aromatic N) is 3. The Bertz CT molecular complexity index is 834. The fraction of sp³-hybridized carbons (Fsp3) is 0.368. The number of ether oxygens (including phenoxy) is 2. The number of methoxy groups -OCH3 is 1. The zero-order valence-corrected chi connectivity index (χ0v) is 15.4. The molecule has 0 radical (unpaired) electrons. The van der Waals surface area contributed by atoms with Gasteiger partial charge in [-0.05, 0) is 38.0 Å². The molecule has 1 saturated heterocycles. The Hall–Kier alpha value is -3.16. The van der Waals surface area contributed by atoms with E-state index < -0.39 is 0 Å². The first kappa shape index (κ1) is 18.6. The summed E-state index contributed by atoms with van der Waals surface area (Å²) in [6, 6.07) is 6.58. The third-order valence-corrected chi connectivity index (χ3v) is 4.28. The number of rotatable bonds is 7. The predicted octanol–water partition coefficient (Wildman–Crippen LogP) is 2.31. The van der Waals surface area contributed by atoms with Crippen molar-refractivity contribution in [2.24, 2.45) is 0 Å². The number of anilines is 2. The van der Waals surface area contributed by atoms with Crippen molar-refractivity contribution in [3.8, 4) is 11.5 Å². The number of carbonyl (C=O) groups is 2. The van der Waals surface area contributed by atoms with E-state index in [0.717, 1.165) is 31.7 Å². The molecule has 2 heterocycles. The molecule has 2 aromatic rings. The summed E-state index contributed by atoms with van der Waals surface area (Å²) in [5, 5.41) is 2.71. The molecular weight excluding hydrogens is 348 g/mol. The summed E-state index contributed by atoms with van der Waals surface area (Å²) < 4.78 is 10.7. The molecule has 0 saturated carbocycles. The van der Waals surface area contributed by atoms with Gasteiger partial charge in [-0.3, -0.25) is 9.59 Å². The zero-order valence-electron chi connectivity index (χ0n) is 15.4. The van der Waals surface area contributed by atoms with E-state index in [1.807, 2.05) is 0 Å². The van der Waals surface area contributed by atoms with Crippen molar-refractivity contribution in [2.45, 2.75) is 19.8 Å². The van der Waals surface area contributed by atoms with Gasteiger partial charge in [0.05, 0.1) is 7.11 Å². The smallest absolute Gasteiger partial charge is 0.263 e. The van der Waals surface area contributed by atoms with E-state index in [1.165, 1.54) is 20.4 Å². The summed E-state index contributed by atoms with van der Waals surface area (Å²) in [5.74, 6) is 1.60. The number of hydrogen-bond donors (Lipinski definition) is 1. The van der Waals surface area contributed by atoms with E-state index in [2.05, 4.69) is 20.2 Å². The van der Waals surface area contributed by atoms with E-state index in [0.29, 0.717) is 22.9 Å². The Morgan fingerprint density at radius 3 is 2.63 bits per heavy atom. The normalized spacial score (nSPS) is 13.3. The quantitative estimate of drug-likeness (QED) is 0.748. The van der Waals surface area contributed by atoms with Gasteiger partial charge in [-0.1, -0.05) is 0 Å². The van der Waals surface area contributed by atoms with Crippen LogP contribution in [-0.2, 0) is 4.79 Å². The van der Waals surface area contributed by atoms with Crippen LogP contribution < -0.4 is 19.7 Å². The average molecular weight is 370 g/mol. The van der Waals surface area contributed by atoms with E-state index in [-0.39, 0.29) is 18.3 Å². The Morgan fingerprint density at radius 1 is 1.15 bits per heavy atom. The van der Waals surface area contributed by atoms with Crippen LogP contribution in [0.15, 0.2) is 30.6 Å². The van der Waals surface area contributed by atoms with Crippen LogP contribution in [0, 0.1) is 0 Å². The van der Waals surface area contributed by atoms with Crippen molar-refractivity contribution in [1.29, 1.82) is 0 Å². The number of amides is 1. The maximum atomic E-state index is 12.2. The van der Waals surface area contributed by atoms with Crippen LogP contribution in [0.1, 0.15) is 30.1 Å². The predicted molar refractivity (Wildman–Crippen MR) is 101 cm³/mol. The summed E-state index contributed by atoms with van der Waals surface area (Å²) in [7, 11) is 1.48. The number of benzene rings is 1. The molecule has 1 aromatic carbocycles. The molecule has 0 spiro atoms. The van der Waals surface area contributed by atoms with Gasteiger partial charge >= 0.3 is 0 Å². The van der Waals surface area contributed by atoms with Gasteiger partial charge in [0.2, 0.25) is 0 Å². The zero-order chi connectivity index (χ0) is 19.2. The largest absolute Gasteiger partial charge is 0.493 e. The van der Waals surface area contributed by atoms with Crippen LogP contribution in [0.5, 0.6) is 11.5 Å². The summed E-state index contributed by atoms with van der Waals surface area (Å²) >= 11 is 0. The van der Waals surface area contributed by atoms with Crippen molar-refractivity contribution < 1.29 is 19.1 Å². The topological polar surface area (TPSA) is 93.6 Å². The van der Waals surface area contributed by atoms with Gasteiger partial charge in [-0.25, -0.2) is 9.97 Å². The van der Waals surface area contributed by atoms with Crippen molar-refractivity contribution in [2.75, 3.05) is 37.0 Å². The highest BCUT2D eigenvalue weighted by atomic mass is 16.5. The first-order valence-electron chi connectivity index (χ1n) is 8.75. The fourth-order valence-electron chi connectivity index (χ4n) is 2.86. The second kappa shape index (κ2) is 8.48.